The number of para-hydroxylation sites is 1. The minimum absolute atomic E-state index is 0.0801. The molecule has 4 aromatic rings. The molecule has 0 aliphatic heterocycles. The zero-order valence-corrected chi connectivity index (χ0v) is 23.9. The van der Waals surface area contributed by atoms with Gasteiger partial charge in [0.15, 0.2) is 11.6 Å². The summed E-state index contributed by atoms with van der Waals surface area (Å²) in [5, 5.41) is 8.56. The SMILES string of the molecule is COc1ccc(-c2nc(-c3ccncc3)nn2CCN(C(=O)Nc2ccccc2C(C)C)C2CCCC2)cc1Cl. The van der Waals surface area contributed by atoms with E-state index in [1.807, 2.05) is 58.1 Å². The predicted octanol–water partition coefficient (Wildman–Crippen LogP) is 7.27. The van der Waals surface area contributed by atoms with Crippen LogP contribution in [0.15, 0.2) is 67.0 Å². The number of carbonyl (C=O) groups excluding carboxylic acids is 1. The van der Waals surface area contributed by atoms with Crippen molar-refractivity contribution in [2.45, 2.75) is 58.0 Å². The Morgan fingerprint density at radius 2 is 1.85 bits per heavy atom. The molecule has 0 saturated heterocycles. The highest BCUT2D eigenvalue weighted by Crippen LogP contribution is 2.31. The molecule has 0 radical (unpaired) electrons. The summed E-state index contributed by atoms with van der Waals surface area (Å²) in [5.41, 5.74) is 3.67. The van der Waals surface area contributed by atoms with Crippen molar-refractivity contribution in [2.24, 2.45) is 0 Å². The van der Waals surface area contributed by atoms with Gasteiger partial charge < -0.3 is 15.0 Å². The van der Waals surface area contributed by atoms with Crippen molar-refractivity contribution in [3.05, 3.63) is 77.6 Å². The maximum atomic E-state index is 13.7. The van der Waals surface area contributed by atoms with Crippen molar-refractivity contribution in [1.29, 1.82) is 0 Å². The number of amides is 2. The van der Waals surface area contributed by atoms with Gasteiger partial charge in [0.1, 0.15) is 5.75 Å². The molecule has 0 unspecified atom stereocenters. The minimum Gasteiger partial charge on any atom is -0.495 e. The zero-order chi connectivity index (χ0) is 28.1. The first-order valence-electron chi connectivity index (χ1n) is 13.8. The smallest absolute Gasteiger partial charge is 0.322 e. The van der Waals surface area contributed by atoms with Gasteiger partial charge in [-0.25, -0.2) is 14.5 Å². The van der Waals surface area contributed by atoms with Crippen LogP contribution in [-0.4, -0.2) is 50.4 Å². The number of pyridine rings is 1. The molecule has 2 amide bonds. The Labute approximate surface area is 240 Å². The van der Waals surface area contributed by atoms with Gasteiger partial charge in [0, 0.05) is 41.8 Å². The van der Waals surface area contributed by atoms with E-state index >= 15 is 0 Å². The third-order valence-electron chi connectivity index (χ3n) is 7.42. The Kier molecular flexibility index (Phi) is 8.65. The molecule has 1 aliphatic rings. The maximum absolute atomic E-state index is 13.7. The first-order valence-corrected chi connectivity index (χ1v) is 14.2. The van der Waals surface area contributed by atoms with E-state index < -0.39 is 0 Å². The summed E-state index contributed by atoms with van der Waals surface area (Å²) in [5.74, 6) is 2.16. The Bertz CT molecular complexity index is 1450. The number of aromatic nitrogens is 4. The van der Waals surface area contributed by atoms with Crippen LogP contribution in [0.3, 0.4) is 0 Å². The number of halogens is 1. The molecule has 9 heteroatoms. The van der Waals surface area contributed by atoms with Crippen LogP contribution >= 0.6 is 11.6 Å². The van der Waals surface area contributed by atoms with Crippen molar-refractivity contribution >= 4 is 23.3 Å². The highest BCUT2D eigenvalue weighted by atomic mass is 35.5. The number of carbonyl (C=O) groups is 1. The molecule has 0 atom stereocenters. The fourth-order valence-corrected chi connectivity index (χ4v) is 5.57. The Balaban J connectivity index is 1.44. The predicted molar refractivity (Wildman–Crippen MR) is 159 cm³/mol. The van der Waals surface area contributed by atoms with E-state index in [0.29, 0.717) is 41.4 Å². The molecule has 1 fully saturated rings. The second kappa shape index (κ2) is 12.5. The van der Waals surface area contributed by atoms with Crippen LogP contribution in [0.4, 0.5) is 10.5 Å². The molecule has 2 aromatic carbocycles. The fraction of sp³-hybridized carbons (Fsp3) is 0.355. The number of methoxy groups -OCH3 is 1. The molecule has 1 N–H and O–H groups in total. The maximum Gasteiger partial charge on any atom is 0.322 e. The number of rotatable bonds is 9. The Hall–Kier alpha value is -3.91. The number of nitrogens with zero attached hydrogens (tertiary/aromatic N) is 5. The molecule has 40 heavy (non-hydrogen) atoms. The van der Waals surface area contributed by atoms with Crippen molar-refractivity contribution < 1.29 is 9.53 Å². The lowest BCUT2D eigenvalue weighted by atomic mass is 10.0. The van der Waals surface area contributed by atoms with E-state index in [-0.39, 0.29) is 12.1 Å². The van der Waals surface area contributed by atoms with Gasteiger partial charge in [-0.05, 0) is 60.7 Å². The lowest BCUT2D eigenvalue weighted by molar-refractivity contribution is 0.184. The minimum atomic E-state index is -0.0801. The summed E-state index contributed by atoms with van der Waals surface area (Å²) in [6.45, 7) is 5.25. The molecule has 0 bridgehead atoms. The summed E-state index contributed by atoms with van der Waals surface area (Å²) in [6, 6.07) is 17.5. The number of hydrogen-bond donors (Lipinski definition) is 1. The van der Waals surface area contributed by atoms with Crippen molar-refractivity contribution in [1.82, 2.24) is 24.6 Å². The van der Waals surface area contributed by atoms with Crippen LogP contribution < -0.4 is 10.1 Å². The van der Waals surface area contributed by atoms with Gasteiger partial charge >= 0.3 is 6.03 Å². The van der Waals surface area contributed by atoms with E-state index in [1.165, 1.54) is 0 Å². The highest BCUT2D eigenvalue weighted by Gasteiger charge is 2.28. The molecule has 0 spiro atoms. The Morgan fingerprint density at radius 3 is 2.55 bits per heavy atom. The average Bonchev–Trinajstić information content (AvgIpc) is 3.65. The third kappa shape index (κ3) is 6.12. The van der Waals surface area contributed by atoms with Crippen LogP contribution in [0, 0.1) is 0 Å². The van der Waals surface area contributed by atoms with Crippen LogP contribution in [0.5, 0.6) is 5.75 Å². The van der Waals surface area contributed by atoms with Gasteiger partial charge in [0.05, 0.1) is 18.7 Å². The van der Waals surface area contributed by atoms with E-state index in [4.69, 9.17) is 26.4 Å². The van der Waals surface area contributed by atoms with Gasteiger partial charge in [-0.1, -0.05) is 56.5 Å². The molecule has 1 aliphatic carbocycles. The van der Waals surface area contributed by atoms with Crippen LogP contribution in [0.25, 0.3) is 22.8 Å². The molecule has 1 saturated carbocycles. The first kappa shape index (κ1) is 27.6. The number of ether oxygens (including phenoxy) is 1. The van der Waals surface area contributed by atoms with E-state index in [0.717, 1.165) is 48.1 Å². The van der Waals surface area contributed by atoms with Crippen LogP contribution in [-0.2, 0) is 6.54 Å². The van der Waals surface area contributed by atoms with E-state index in [9.17, 15) is 4.79 Å². The standard InChI is InChI=1S/C31H35ClN6O2/c1-21(2)25-10-6-7-11-27(25)34-31(39)37(24-8-4-5-9-24)18-19-38-30(23-12-13-28(40-3)26(32)20-23)35-29(36-38)22-14-16-33-17-15-22/h6-7,10-17,20-21,24H,4-5,8-9,18-19H2,1-3H3,(H,34,39). The summed E-state index contributed by atoms with van der Waals surface area (Å²) in [6.07, 6.45) is 7.70. The third-order valence-corrected chi connectivity index (χ3v) is 7.72. The summed E-state index contributed by atoms with van der Waals surface area (Å²) in [4.78, 5) is 24.7. The molecular weight excluding hydrogens is 524 g/mol. The fourth-order valence-electron chi connectivity index (χ4n) is 5.31. The number of anilines is 1. The van der Waals surface area contributed by atoms with Gasteiger partial charge in [-0.3, -0.25) is 4.98 Å². The number of hydrogen-bond acceptors (Lipinski definition) is 5. The normalized spacial score (nSPS) is 13.5. The molecule has 5 rings (SSSR count). The summed E-state index contributed by atoms with van der Waals surface area (Å²) in [7, 11) is 1.59. The second-order valence-corrected chi connectivity index (χ2v) is 10.8. The largest absolute Gasteiger partial charge is 0.495 e. The van der Waals surface area contributed by atoms with Gasteiger partial charge in [0.2, 0.25) is 0 Å². The molecule has 8 nitrogen and oxygen atoms in total. The van der Waals surface area contributed by atoms with Gasteiger partial charge in [-0.15, -0.1) is 0 Å². The van der Waals surface area contributed by atoms with Crippen molar-refractivity contribution in [3.8, 4) is 28.5 Å². The zero-order valence-electron chi connectivity index (χ0n) is 23.2. The van der Waals surface area contributed by atoms with E-state index in [2.05, 4.69) is 30.2 Å². The first-order chi connectivity index (χ1) is 19.4. The van der Waals surface area contributed by atoms with E-state index in [1.54, 1.807) is 19.5 Å². The summed E-state index contributed by atoms with van der Waals surface area (Å²) >= 11 is 6.47. The molecule has 2 aromatic heterocycles. The van der Waals surface area contributed by atoms with Crippen LogP contribution in [0.1, 0.15) is 51.0 Å². The van der Waals surface area contributed by atoms with Gasteiger partial charge in [0.25, 0.3) is 0 Å². The molecule has 2 heterocycles. The Morgan fingerprint density at radius 1 is 1.10 bits per heavy atom. The lowest BCUT2D eigenvalue weighted by Gasteiger charge is -2.30. The highest BCUT2D eigenvalue weighted by molar-refractivity contribution is 6.32. The van der Waals surface area contributed by atoms with Crippen molar-refractivity contribution in [2.75, 3.05) is 19.0 Å². The quantitative estimate of drug-likeness (QED) is 0.233. The number of benzene rings is 2. The van der Waals surface area contributed by atoms with Gasteiger partial charge in [-0.2, -0.15) is 5.10 Å². The monoisotopic (exact) mass is 558 g/mol. The summed E-state index contributed by atoms with van der Waals surface area (Å²) < 4.78 is 7.21. The average molecular weight is 559 g/mol. The number of urea groups is 1. The molecular formula is C31H35ClN6O2. The van der Waals surface area contributed by atoms with Crippen molar-refractivity contribution in [3.63, 3.8) is 0 Å². The topological polar surface area (TPSA) is 85.2 Å². The lowest BCUT2D eigenvalue weighted by Crippen LogP contribution is -2.43. The van der Waals surface area contributed by atoms with Crippen LogP contribution in [0.2, 0.25) is 5.02 Å². The number of nitrogens with one attached hydrogen (secondary N) is 1. The molecule has 208 valence electrons. The second-order valence-electron chi connectivity index (χ2n) is 10.4.